The van der Waals surface area contributed by atoms with Crippen LogP contribution in [0.1, 0.15) is 187 Å². The summed E-state index contributed by atoms with van der Waals surface area (Å²) in [4.78, 5) is 0. The normalized spacial score (nSPS) is 12.4. The van der Waals surface area contributed by atoms with E-state index in [0.717, 1.165) is 6.42 Å². The van der Waals surface area contributed by atoms with E-state index in [-0.39, 0.29) is 19.3 Å². The highest BCUT2D eigenvalue weighted by atomic mass is 16.3. The second-order valence-corrected chi connectivity index (χ2v) is 11.5. The minimum atomic E-state index is 0.149. The van der Waals surface area contributed by atoms with Gasteiger partial charge in [0.2, 0.25) is 0 Å². The molecular weight excluding hydrogens is 442 g/mol. The van der Waals surface area contributed by atoms with Crippen LogP contribution in [0.3, 0.4) is 0 Å². The largest absolute Gasteiger partial charge is 0.395 e. The summed E-state index contributed by atoms with van der Waals surface area (Å²) in [6, 6.07) is 0.163. The number of rotatable bonds is 32. The van der Waals surface area contributed by atoms with Gasteiger partial charge < -0.3 is 15.5 Å². The van der Waals surface area contributed by atoms with Crippen LogP contribution in [-0.4, -0.2) is 36.0 Å². The molecule has 0 aromatic carbocycles. The molecule has 0 aliphatic carbocycles. The Balaban J connectivity index is 3.09. The zero-order valence-corrected chi connectivity index (χ0v) is 24.9. The second-order valence-electron chi connectivity index (χ2n) is 11.5. The van der Waals surface area contributed by atoms with E-state index >= 15 is 0 Å². The number of hydrogen-bond acceptors (Lipinski definition) is 3. The third kappa shape index (κ3) is 30.1. The van der Waals surface area contributed by atoms with Crippen molar-refractivity contribution in [1.29, 1.82) is 0 Å². The Morgan fingerprint density at radius 2 is 0.694 bits per heavy atom. The van der Waals surface area contributed by atoms with E-state index in [9.17, 15) is 5.11 Å². The van der Waals surface area contributed by atoms with Crippen LogP contribution in [0.2, 0.25) is 0 Å². The van der Waals surface area contributed by atoms with Crippen molar-refractivity contribution in [1.82, 2.24) is 5.32 Å². The summed E-state index contributed by atoms with van der Waals surface area (Å²) >= 11 is 0. The summed E-state index contributed by atoms with van der Waals surface area (Å²) < 4.78 is 0. The van der Waals surface area contributed by atoms with Crippen molar-refractivity contribution in [3.8, 4) is 0 Å². The molecule has 0 amide bonds. The SMILES string of the molecule is CCCCCCCCCCCCCCCCCCCCCCCCCCCCCC(CO)NCCO. The molecule has 0 rings (SSSR count). The molecule has 0 aromatic rings. The lowest BCUT2D eigenvalue weighted by molar-refractivity contribution is 0.217. The Morgan fingerprint density at radius 1 is 0.417 bits per heavy atom. The van der Waals surface area contributed by atoms with Gasteiger partial charge in [0.05, 0.1) is 13.2 Å². The molecule has 0 bridgehead atoms. The van der Waals surface area contributed by atoms with Gasteiger partial charge in [0.15, 0.2) is 0 Å². The first-order chi connectivity index (χ1) is 17.8. The zero-order chi connectivity index (χ0) is 26.2. The predicted molar refractivity (Wildman–Crippen MR) is 161 cm³/mol. The molecule has 0 aliphatic rings. The Morgan fingerprint density at radius 3 is 0.944 bits per heavy atom. The lowest BCUT2D eigenvalue weighted by Gasteiger charge is -2.15. The van der Waals surface area contributed by atoms with Crippen LogP contribution >= 0.6 is 0 Å². The van der Waals surface area contributed by atoms with Crippen LogP contribution in [0.4, 0.5) is 0 Å². The monoisotopic (exact) mass is 512 g/mol. The highest BCUT2D eigenvalue weighted by Gasteiger charge is 2.05. The van der Waals surface area contributed by atoms with Crippen molar-refractivity contribution >= 4 is 0 Å². The van der Waals surface area contributed by atoms with Crippen LogP contribution in [0.25, 0.3) is 0 Å². The first-order valence-corrected chi connectivity index (χ1v) is 16.8. The van der Waals surface area contributed by atoms with Gasteiger partial charge >= 0.3 is 0 Å². The van der Waals surface area contributed by atoms with Gasteiger partial charge in [-0.2, -0.15) is 0 Å². The highest BCUT2D eigenvalue weighted by Crippen LogP contribution is 2.16. The van der Waals surface area contributed by atoms with Crippen LogP contribution in [0.5, 0.6) is 0 Å². The average molecular weight is 512 g/mol. The maximum atomic E-state index is 9.31. The Kier molecular flexibility index (Phi) is 32.8. The summed E-state index contributed by atoms with van der Waals surface area (Å²) in [7, 11) is 0. The molecule has 0 heterocycles. The number of unbranched alkanes of at least 4 members (excludes halogenated alkanes) is 26. The molecular formula is C33H69NO2. The smallest absolute Gasteiger partial charge is 0.0584 e. The molecule has 0 aromatic heterocycles. The highest BCUT2D eigenvalue weighted by molar-refractivity contribution is 4.65. The molecule has 1 unspecified atom stereocenters. The fourth-order valence-corrected chi connectivity index (χ4v) is 5.41. The minimum absolute atomic E-state index is 0.149. The van der Waals surface area contributed by atoms with E-state index in [2.05, 4.69) is 12.2 Å². The predicted octanol–water partition coefficient (Wildman–Crippen LogP) is 9.87. The van der Waals surface area contributed by atoms with Gasteiger partial charge in [0.1, 0.15) is 0 Å². The molecule has 0 saturated carbocycles. The third-order valence-corrected chi connectivity index (χ3v) is 7.92. The number of hydrogen-bond donors (Lipinski definition) is 3. The van der Waals surface area contributed by atoms with E-state index in [0.29, 0.717) is 6.54 Å². The van der Waals surface area contributed by atoms with Crippen LogP contribution in [0.15, 0.2) is 0 Å². The Labute approximate surface area is 228 Å². The molecule has 3 heteroatoms. The Hall–Kier alpha value is -0.120. The van der Waals surface area contributed by atoms with Crippen molar-refractivity contribution < 1.29 is 10.2 Å². The van der Waals surface area contributed by atoms with E-state index < -0.39 is 0 Å². The summed E-state index contributed by atoms with van der Waals surface area (Å²) in [5.74, 6) is 0. The Bertz CT molecular complexity index is 377. The summed E-state index contributed by atoms with van der Waals surface area (Å²) in [5.41, 5.74) is 0. The number of aliphatic hydroxyl groups excluding tert-OH is 2. The topological polar surface area (TPSA) is 52.5 Å². The average Bonchev–Trinajstić information content (AvgIpc) is 2.90. The number of aliphatic hydroxyl groups is 2. The quantitative estimate of drug-likeness (QED) is 0.0787. The molecule has 0 saturated heterocycles. The van der Waals surface area contributed by atoms with E-state index in [4.69, 9.17) is 5.11 Å². The first kappa shape index (κ1) is 35.9. The summed E-state index contributed by atoms with van der Waals surface area (Å²) in [6.45, 7) is 3.22. The summed E-state index contributed by atoms with van der Waals surface area (Å²) in [5, 5.41) is 21.3. The second kappa shape index (κ2) is 32.9. The molecule has 1 atom stereocenters. The molecule has 3 nitrogen and oxygen atoms in total. The van der Waals surface area contributed by atoms with Gasteiger partial charge in [-0.3, -0.25) is 0 Å². The molecule has 0 aliphatic heterocycles. The standard InChI is InChI=1S/C33H69NO2/c1-2-3-4-5-6-7-8-9-10-11-12-13-14-15-16-17-18-19-20-21-22-23-24-25-26-27-28-29-33(32-36)34-30-31-35/h33-36H,2-32H2,1H3. The van der Waals surface area contributed by atoms with Crippen LogP contribution in [0, 0.1) is 0 Å². The van der Waals surface area contributed by atoms with Gasteiger partial charge in [-0.05, 0) is 6.42 Å². The van der Waals surface area contributed by atoms with Gasteiger partial charge in [-0.25, -0.2) is 0 Å². The summed E-state index contributed by atoms with van der Waals surface area (Å²) in [6.07, 6.45) is 39.6. The van der Waals surface area contributed by atoms with Crippen molar-refractivity contribution in [2.75, 3.05) is 19.8 Å². The van der Waals surface area contributed by atoms with Crippen molar-refractivity contribution in [3.05, 3.63) is 0 Å². The molecule has 3 N–H and O–H groups in total. The van der Waals surface area contributed by atoms with E-state index in [1.165, 1.54) is 173 Å². The van der Waals surface area contributed by atoms with Crippen LogP contribution in [-0.2, 0) is 0 Å². The molecule has 218 valence electrons. The fraction of sp³-hybridized carbons (Fsp3) is 1.00. The van der Waals surface area contributed by atoms with Crippen molar-refractivity contribution in [2.24, 2.45) is 0 Å². The third-order valence-electron chi connectivity index (χ3n) is 7.92. The molecule has 0 radical (unpaired) electrons. The first-order valence-electron chi connectivity index (χ1n) is 16.8. The van der Waals surface area contributed by atoms with Gasteiger partial charge in [-0.15, -0.1) is 0 Å². The molecule has 36 heavy (non-hydrogen) atoms. The zero-order valence-electron chi connectivity index (χ0n) is 24.9. The van der Waals surface area contributed by atoms with Gasteiger partial charge in [-0.1, -0.05) is 180 Å². The lowest BCUT2D eigenvalue weighted by atomic mass is 10.0. The maximum absolute atomic E-state index is 9.31. The van der Waals surface area contributed by atoms with Gasteiger partial charge in [0, 0.05) is 12.6 Å². The lowest BCUT2D eigenvalue weighted by Crippen LogP contribution is -2.34. The van der Waals surface area contributed by atoms with Gasteiger partial charge in [0.25, 0.3) is 0 Å². The van der Waals surface area contributed by atoms with Crippen LogP contribution < -0.4 is 5.32 Å². The van der Waals surface area contributed by atoms with E-state index in [1.54, 1.807) is 0 Å². The number of nitrogens with one attached hydrogen (secondary N) is 1. The minimum Gasteiger partial charge on any atom is -0.395 e. The van der Waals surface area contributed by atoms with Crippen molar-refractivity contribution in [2.45, 2.75) is 193 Å². The fourth-order valence-electron chi connectivity index (χ4n) is 5.41. The molecule has 0 spiro atoms. The maximum Gasteiger partial charge on any atom is 0.0584 e. The van der Waals surface area contributed by atoms with E-state index in [1.807, 2.05) is 0 Å². The molecule has 0 fully saturated rings. The van der Waals surface area contributed by atoms with Crippen molar-refractivity contribution in [3.63, 3.8) is 0 Å².